The van der Waals surface area contributed by atoms with Gasteiger partial charge < -0.3 is 14.8 Å². The predicted molar refractivity (Wildman–Crippen MR) is 109 cm³/mol. The van der Waals surface area contributed by atoms with Crippen molar-refractivity contribution in [3.8, 4) is 5.75 Å². The lowest BCUT2D eigenvalue weighted by atomic mass is 10.2. The molecule has 0 fully saturated rings. The molecule has 2 aromatic heterocycles. The van der Waals surface area contributed by atoms with Crippen molar-refractivity contribution in [2.24, 2.45) is 7.05 Å². The molecule has 0 unspecified atom stereocenters. The van der Waals surface area contributed by atoms with E-state index in [2.05, 4.69) is 20.7 Å². The zero-order chi connectivity index (χ0) is 20.3. The molecule has 0 saturated heterocycles. The summed E-state index contributed by atoms with van der Waals surface area (Å²) in [5, 5.41) is 11.2. The predicted octanol–water partition coefficient (Wildman–Crippen LogP) is 3.94. The molecule has 3 rings (SSSR count). The first-order valence-electron chi connectivity index (χ1n) is 8.94. The zero-order valence-electron chi connectivity index (χ0n) is 16.7. The van der Waals surface area contributed by atoms with Crippen molar-refractivity contribution in [1.29, 1.82) is 0 Å². The maximum Gasteiger partial charge on any atom is 0.412 e. The van der Waals surface area contributed by atoms with Gasteiger partial charge in [0.2, 0.25) is 0 Å². The molecule has 0 aliphatic heterocycles. The Morgan fingerprint density at radius 1 is 1.18 bits per heavy atom. The van der Waals surface area contributed by atoms with Crippen LogP contribution in [0.3, 0.4) is 0 Å². The number of anilines is 2. The van der Waals surface area contributed by atoms with E-state index in [0.29, 0.717) is 18.1 Å². The number of pyridine rings is 1. The number of amides is 1. The number of methoxy groups -OCH3 is 1. The molecule has 148 valence electrons. The van der Waals surface area contributed by atoms with Gasteiger partial charge >= 0.3 is 6.09 Å². The van der Waals surface area contributed by atoms with Gasteiger partial charge in [0, 0.05) is 19.0 Å². The molecule has 8 nitrogen and oxygen atoms in total. The fourth-order valence-corrected chi connectivity index (χ4v) is 2.75. The second-order valence-electron chi connectivity index (χ2n) is 7.38. The number of ether oxygens (including phenoxy) is 2. The number of aromatic nitrogens is 3. The summed E-state index contributed by atoms with van der Waals surface area (Å²) in [6, 6.07) is 7.81. The summed E-state index contributed by atoms with van der Waals surface area (Å²) in [6.07, 6.45) is 2.77. The van der Waals surface area contributed by atoms with Crippen molar-refractivity contribution >= 4 is 28.5 Å². The molecule has 8 heteroatoms. The molecule has 3 aromatic rings. The lowest BCUT2D eigenvalue weighted by Crippen LogP contribution is -2.27. The Hall–Kier alpha value is -3.29. The summed E-state index contributed by atoms with van der Waals surface area (Å²) in [6.45, 7) is 6.04. The Balaban J connectivity index is 1.80. The van der Waals surface area contributed by atoms with Crippen LogP contribution in [-0.4, -0.2) is 33.6 Å². The number of fused-ring (bicyclic) bond motifs is 1. The number of hydrogen-bond donors (Lipinski definition) is 2. The topological polar surface area (TPSA) is 90.3 Å². The van der Waals surface area contributed by atoms with Crippen molar-refractivity contribution in [3.63, 3.8) is 0 Å². The smallest absolute Gasteiger partial charge is 0.412 e. The summed E-state index contributed by atoms with van der Waals surface area (Å²) in [4.78, 5) is 16.6. The molecule has 0 bridgehead atoms. The minimum atomic E-state index is -0.578. The fraction of sp³-hybridized carbons (Fsp3) is 0.350. The van der Waals surface area contributed by atoms with Crippen molar-refractivity contribution in [2.45, 2.75) is 32.9 Å². The Kier molecular flexibility index (Phi) is 5.39. The molecule has 0 radical (unpaired) electrons. The molecule has 1 amide bonds. The van der Waals surface area contributed by atoms with Crippen LogP contribution in [0.25, 0.3) is 10.9 Å². The monoisotopic (exact) mass is 383 g/mol. The van der Waals surface area contributed by atoms with E-state index in [4.69, 9.17) is 9.47 Å². The molecule has 0 aliphatic carbocycles. The van der Waals surface area contributed by atoms with Gasteiger partial charge in [-0.25, -0.2) is 9.78 Å². The Morgan fingerprint density at radius 2 is 1.89 bits per heavy atom. The van der Waals surface area contributed by atoms with Crippen LogP contribution < -0.4 is 15.4 Å². The largest absolute Gasteiger partial charge is 0.497 e. The van der Waals surface area contributed by atoms with Gasteiger partial charge in [0.15, 0.2) is 5.82 Å². The highest BCUT2D eigenvalue weighted by molar-refractivity contribution is 6.02. The van der Waals surface area contributed by atoms with Gasteiger partial charge in [-0.3, -0.25) is 10.00 Å². The van der Waals surface area contributed by atoms with Crippen LogP contribution in [0.2, 0.25) is 0 Å². The van der Waals surface area contributed by atoms with Crippen LogP contribution in [-0.2, 0) is 18.3 Å². The lowest BCUT2D eigenvalue weighted by molar-refractivity contribution is 0.0636. The number of hydrogen-bond acceptors (Lipinski definition) is 6. The van der Waals surface area contributed by atoms with Crippen molar-refractivity contribution in [1.82, 2.24) is 14.8 Å². The number of carbonyl (C=O) groups is 1. The number of aryl methyl sites for hydroxylation is 1. The Morgan fingerprint density at radius 3 is 2.54 bits per heavy atom. The van der Waals surface area contributed by atoms with Crippen molar-refractivity contribution in [3.05, 3.63) is 42.2 Å². The highest BCUT2D eigenvalue weighted by atomic mass is 16.6. The molecule has 2 N–H and O–H groups in total. The molecule has 1 aromatic carbocycles. The fourth-order valence-electron chi connectivity index (χ4n) is 2.75. The third kappa shape index (κ3) is 4.51. The lowest BCUT2D eigenvalue weighted by Gasteiger charge is -2.20. The second-order valence-corrected chi connectivity index (χ2v) is 7.38. The van der Waals surface area contributed by atoms with E-state index in [1.807, 2.05) is 52.1 Å². The molecular formula is C20H25N5O3. The van der Waals surface area contributed by atoms with E-state index in [9.17, 15) is 4.79 Å². The highest BCUT2D eigenvalue weighted by Gasteiger charge is 2.19. The molecule has 2 heterocycles. The summed E-state index contributed by atoms with van der Waals surface area (Å²) in [5.74, 6) is 1.49. The van der Waals surface area contributed by atoms with Crippen molar-refractivity contribution < 1.29 is 14.3 Å². The van der Waals surface area contributed by atoms with Crippen molar-refractivity contribution in [2.75, 3.05) is 17.7 Å². The molecule has 28 heavy (non-hydrogen) atoms. The number of carbonyl (C=O) groups excluding carboxylic acids is 1. The van der Waals surface area contributed by atoms with Gasteiger partial charge in [-0.05, 0) is 38.5 Å². The van der Waals surface area contributed by atoms with Crippen LogP contribution in [0.5, 0.6) is 5.75 Å². The van der Waals surface area contributed by atoms with Gasteiger partial charge in [0.25, 0.3) is 0 Å². The third-order valence-electron chi connectivity index (χ3n) is 4.03. The first-order chi connectivity index (χ1) is 13.3. The summed E-state index contributed by atoms with van der Waals surface area (Å²) in [5.41, 5.74) is 1.86. The number of nitrogens with one attached hydrogen (secondary N) is 2. The summed E-state index contributed by atoms with van der Waals surface area (Å²) < 4.78 is 12.2. The normalized spacial score (nSPS) is 11.3. The number of benzene rings is 1. The van der Waals surface area contributed by atoms with Gasteiger partial charge in [-0.1, -0.05) is 12.1 Å². The molecule has 0 atom stereocenters. The Bertz CT molecular complexity index is 974. The molecular weight excluding hydrogens is 358 g/mol. The quantitative estimate of drug-likeness (QED) is 0.694. The van der Waals surface area contributed by atoms with Gasteiger partial charge in [-0.2, -0.15) is 5.10 Å². The van der Waals surface area contributed by atoms with Gasteiger partial charge in [-0.15, -0.1) is 0 Å². The summed E-state index contributed by atoms with van der Waals surface area (Å²) in [7, 11) is 3.48. The van der Waals surface area contributed by atoms with E-state index in [-0.39, 0.29) is 0 Å². The van der Waals surface area contributed by atoms with Crippen LogP contribution in [0.15, 0.2) is 36.7 Å². The minimum absolute atomic E-state index is 0.529. The standard InChI is InChI=1S/C20H25N5O3/c1-20(2,3)28-19(26)24-16-12-22-18(17-15(16)11-23-25(17)4)21-10-13-6-8-14(27-5)9-7-13/h6-9,11-12H,10H2,1-5H3,(H,21,22)(H,24,26). The Labute approximate surface area is 163 Å². The van der Waals surface area contributed by atoms with Crippen LogP contribution in [0.4, 0.5) is 16.3 Å². The average Bonchev–Trinajstić information content (AvgIpc) is 3.02. The van der Waals surface area contributed by atoms with Crippen LogP contribution in [0, 0.1) is 0 Å². The minimum Gasteiger partial charge on any atom is -0.497 e. The number of rotatable bonds is 5. The zero-order valence-corrected chi connectivity index (χ0v) is 16.7. The molecule has 0 saturated carbocycles. The molecule has 0 aliphatic rings. The summed E-state index contributed by atoms with van der Waals surface area (Å²) >= 11 is 0. The van der Waals surface area contributed by atoms with E-state index >= 15 is 0 Å². The third-order valence-corrected chi connectivity index (χ3v) is 4.03. The van der Waals surface area contributed by atoms with Gasteiger partial charge in [0.05, 0.1) is 25.2 Å². The number of nitrogens with zero attached hydrogens (tertiary/aromatic N) is 3. The average molecular weight is 383 g/mol. The highest BCUT2D eigenvalue weighted by Crippen LogP contribution is 2.28. The van der Waals surface area contributed by atoms with E-state index in [0.717, 1.165) is 22.2 Å². The van der Waals surface area contributed by atoms with Crippen LogP contribution in [0.1, 0.15) is 26.3 Å². The SMILES string of the molecule is COc1ccc(CNc2ncc(NC(=O)OC(C)(C)C)c3cnn(C)c23)cc1. The van der Waals surface area contributed by atoms with E-state index in [1.54, 1.807) is 24.2 Å². The first kappa shape index (κ1) is 19.5. The van der Waals surface area contributed by atoms with Crippen LogP contribution >= 0.6 is 0 Å². The van der Waals surface area contributed by atoms with E-state index in [1.165, 1.54) is 0 Å². The van der Waals surface area contributed by atoms with Gasteiger partial charge in [0.1, 0.15) is 16.9 Å². The molecule has 0 spiro atoms. The maximum absolute atomic E-state index is 12.1. The van der Waals surface area contributed by atoms with E-state index < -0.39 is 11.7 Å². The first-order valence-corrected chi connectivity index (χ1v) is 8.94. The maximum atomic E-state index is 12.1. The second kappa shape index (κ2) is 7.75.